The zero-order valence-corrected chi connectivity index (χ0v) is 6.96. The van der Waals surface area contributed by atoms with E-state index in [4.69, 9.17) is 0 Å². The summed E-state index contributed by atoms with van der Waals surface area (Å²) in [5, 5.41) is 4.02. The van der Waals surface area contributed by atoms with Crippen molar-refractivity contribution < 1.29 is 0 Å². The van der Waals surface area contributed by atoms with Gasteiger partial charge in [-0.25, -0.2) is 4.52 Å². The highest BCUT2D eigenvalue weighted by atomic mass is 16.1. The number of hydrogen-bond donors (Lipinski definition) is 1. The minimum Gasteiger partial charge on any atom is -0.310 e. The van der Waals surface area contributed by atoms with Gasteiger partial charge < -0.3 is 4.98 Å². The van der Waals surface area contributed by atoms with Crippen molar-refractivity contribution in [2.75, 3.05) is 0 Å². The van der Waals surface area contributed by atoms with E-state index in [1.54, 1.807) is 4.52 Å². The molecule has 4 nitrogen and oxygen atoms in total. The van der Waals surface area contributed by atoms with Gasteiger partial charge >= 0.3 is 0 Å². The van der Waals surface area contributed by atoms with Crippen molar-refractivity contribution in [2.45, 2.75) is 13.8 Å². The van der Waals surface area contributed by atoms with Gasteiger partial charge in [0.2, 0.25) is 0 Å². The number of aryl methyl sites for hydroxylation is 2. The summed E-state index contributed by atoms with van der Waals surface area (Å²) in [5.41, 5.74) is 2.49. The number of hydrogen-bond acceptors (Lipinski definition) is 2. The van der Waals surface area contributed by atoms with Crippen molar-refractivity contribution >= 4 is 5.52 Å². The number of aromatic amines is 1. The lowest BCUT2D eigenvalue weighted by molar-refractivity contribution is 0.859. The van der Waals surface area contributed by atoms with Gasteiger partial charge in [0, 0.05) is 5.69 Å². The summed E-state index contributed by atoms with van der Waals surface area (Å²) < 4.78 is 1.65. The van der Waals surface area contributed by atoms with E-state index in [1.165, 1.54) is 6.33 Å². The topological polar surface area (TPSA) is 50.2 Å². The Morgan fingerprint density at radius 1 is 1.50 bits per heavy atom. The van der Waals surface area contributed by atoms with Gasteiger partial charge in [0.25, 0.3) is 5.56 Å². The Kier molecular flexibility index (Phi) is 1.30. The minimum atomic E-state index is -0.0874. The van der Waals surface area contributed by atoms with Gasteiger partial charge in [-0.3, -0.25) is 4.79 Å². The van der Waals surface area contributed by atoms with Crippen LogP contribution in [0.15, 0.2) is 17.2 Å². The van der Waals surface area contributed by atoms with Crippen molar-refractivity contribution in [3.05, 3.63) is 34.0 Å². The van der Waals surface area contributed by atoms with Gasteiger partial charge in [-0.15, -0.1) is 0 Å². The smallest absolute Gasteiger partial charge is 0.275 e. The molecule has 0 radical (unpaired) electrons. The molecule has 2 aromatic rings. The van der Waals surface area contributed by atoms with Crippen LogP contribution in [0.3, 0.4) is 0 Å². The average Bonchev–Trinajstić information content (AvgIpc) is 2.29. The molecule has 2 rings (SSSR count). The Morgan fingerprint density at radius 2 is 2.25 bits per heavy atom. The van der Waals surface area contributed by atoms with Crippen LogP contribution in [-0.4, -0.2) is 14.6 Å². The highest BCUT2D eigenvalue weighted by Gasteiger charge is 2.05. The molecule has 0 bridgehead atoms. The van der Waals surface area contributed by atoms with E-state index in [9.17, 15) is 4.79 Å². The molecular weight excluding hydrogens is 154 g/mol. The first-order valence-corrected chi connectivity index (χ1v) is 3.73. The standard InChI is InChI=1S/C8H9N3O/c1-5-3-6(2)11-7(5)8(12)9-4-10-11/h3-4H,1-2H3,(H,9,10,12). The Hall–Kier alpha value is -1.58. The molecule has 62 valence electrons. The lowest BCUT2D eigenvalue weighted by Crippen LogP contribution is -2.11. The van der Waals surface area contributed by atoms with Crippen LogP contribution >= 0.6 is 0 Å². The molecule has 2 aromatic heterocycles. The summed E-state index contributed by atoms with van der Waals surface area (Å²) in [5.74, 6) is 0. The average molecular weight is 163 g/mol. The molecule has 2 heterocycles. The summed E-state index contributed by atoms with van der Waals surface area (Å²) in [4.78, 5) is 13.8. The van der Waals surface area contributed by atoms with E-state index in [0.717, 1.165) is 11.3 Å². The fourth-order valence-electron chi connectivity index (χ4n) is 1.42. The molecule has 1 N–H and O–H groups in total. The van der Waals surface area contributed by atoms with Crippen LogP contribution in [0.4, 0.5) is 0 Å². The number of aromatic nitrogens is 3. The largest absolute Gasteiger partial charge is 0.310 e. The number of nitrogens with one attached hydrogen (secondary N) is 1. The van der Waals surface area contributed by atoms with Crippen molar-refractivity contribution in [3.8, 4) is 0 Å². The Balaban J connectivity index is 3.09. The second kappa shape index (κ2) is 2.20. The van der Waals surface area contributed by atoms with Crippen LogP contribution in [0.1, 0.15) is 11.3 Å². The highest BCUT2D eigenvalue weighted by molar-refractivity contribution is 5.53. The third kappa shape index (κ3) is 0.777. The lowest BCUT2D eigenvalue weighted by atomic mass is 10.3. The van der Waals surface area contributed by atoms with Crippen LogP contribution in [0.2, 0.25) is 0 Å². The third-order valence-electron chi connectivity index (χ3n) is 1.93. The molecular formula is C8H9N3O. The second-order valence-electron chi connectivity index (χ2n) is 2.85. The zero-order valence-electron chi connectivity index (χ0n) is 6.96. The number of H-pyrrole nitrogens is 1. The number of fused-ring (bicyclic) bond motifs is 1. The van der Waals surface area contributed by atoms with E-state index < -0.39 is 0 Å². The fraction of sp³-hybridized carbons (Fsp3) is 0.250. The van der Waals surface area contributed by atoms with Crippen LogP contribution < -0.4 is 5.56 Å². The van der Waals surface area contributed by atoms with Gasteiger partial charge in [-0.2, -0.15) is 5.10 Å². The highest BCUT2D eigenvalue weighted by Crippen LogP contribution is 2.08. The Labute approximate surface area is 68.8 Å². The van der Waals surface area contributed by atoms with E-state index >= 15 is 0 Å². The van der Waals surface area contributed by atoms with Crippen molar-refractivity contribution in [2.24, 2.45) is 0 Å². The van der Waals surface area contributed by atoms with Crippen molar-refractivity contribution in [1.29, 1.82) is 0 Å². The Bertz CT molecular complexity index is 480. The number of nitrogens with zero attached hydrogens (tertiary/aromatic N) is 2. The van der Waals surface area contributed by atoms with Gasteiger partial charge in [0.05, 0.1) is 0 Å². The summed E-state index contributed by atoms with van der Waals surface area (Å²) in [6, 6.07) is 1.94. The van der Waals surface area contributed by atoms with Crippen molar-refractivity contribution in [1.82, 2.24) is 14.6 Å². The molecule has 0 amide bonds. The molecule has 12 heavy (non-hydrogen) atoms. The summed E-state index contributed by atoms with van der Waals surface area (Å²) in [7, 11) is 0. The van der Waals surface area contributed by atoms with Crippen LogP contribution in [0, 0.1) is 13.8 Å². The maximum atomic E-state index is 11.3. The first kappa shape index (κ1) is 7.09. The Morgan fingerprint density at radius 3 is 2.92 bits per heavy atom. The first-order chi connectivity index (χ1) is 5.70. The van der Waals surface area contributed by atoms with Gasteiger partial charge in [-0.05, 0) is 25.5 Å². The third-order valence-corrected chi connectivity index (χ3v) is 1.93. The maximum Gasteiger partial charge on any atom is 0.275 e. The molecule has 0 saturated carbocycles. The van der Waals surface area contributed by atoms with Gasteiger partial charge in [-0.1, -0.05) is 0 Å². The molecule has 0 atom stereocenters. The van der Waals surface area contributed by atoms with Crippen LogP contribution in [0.5, 0.6) is 0 Å². The molecule has 4 heteroatoms. The van der Waals surface area contributed by atoms with Gasteiger partial charge in [0.15, 0.2) is 0 Å². The molecule has 0 fully saturated rings. The molecule has 0 aliphatic heterocycles. The van der Waals surface area contributed by atoms with Crippen LogP contribution in [0.25, 0.3) is 5.52 Å². The van der Waals surface area contributed by atoms with Gasteiger partial charge in [0.1, 0.15) is 11.8 Å². The summed E-state index contributed by atoms with van der Waals surface area (Å²) >= 11 is 0. The molecule has 0 aliphatic carbocycles. The molecule has 0 aliphatic rings. The maximum absolute atomic E-state index is 11.3. The molecule has 0 unspecified atom stereocenters. The first-order valence-electron chi connectivity index (χ1n) is 3.73. The van der Waals surface area contributed by atoms with Crippen LogP contribution in [-0.2, 0) is 0 Å². The van der Waals surface area contributed by atoms with Crippen molar-refractivity contribution in [3.63, 3.8) is 0 Å². The predicted octanol–water partition coefficient (Wildman–Crippen LogP) is 0.639. The monoisotopic (exact) mass is 163 g/mol. The predicted molar refractivity (Wildman–Crippen MR) is 45.3 cm³/mol. The summed E-state index contributed by atoms with van der Waals surface area (Å²) in [6.07, 6.45) is 1.40. The van der Waals surface area contributed by atoms with E-state index in [2.05, 4.69) is 10.1 Å². The summed E-state index contributed by atoms with van der Waals surface area (Å²) in [6.45, 7) is 3.83. The quantitative estimate of drug-likeness (QED) is 0.619. The fourth-order valence-corrected chi connectivity index (χ4v) is 1.42. The molecule has 0 saturated heterocycles. The lowest BCUT2D eigenvalue weighted by Gasteiger charge is -1.93. The minimum absolute atomic E-state index is 0.0874. The number of rotatable bonds is 0. The normalized spacial score (nSPS) is 10.8. The SMILES string of the molecule is Cc1cc(C)n2nc[nH]c(=O)c12. The zero-order chi connectivity index (χ0) is 8.72. The molecule has 0 aromatic carbocycles. The van der Waals surface area contributed by atoms with E-state index in [1.807, 2.05) is 19.9 Å². The second-order valence-corrected chi connectivity index (χ2v) is 2.85. The van der Waals surface area contributed by atoms with E-state index in [-0.39, 0.29) is 5.56 Å². The molecule has 0 spiro atoms. The van der Waals surface area contributed by atoms with E-state index in [0.29, 0.717) is 5.52 Å².